The molecule has 1 aromatic heterocycles. The van der Waals surface area contributed by atoms with E-state index in [0.717, 1.165) is 18.9 Å². The lowest BCUT2D eigenvalue weighted by Gasteiger charge is -2.28. The molecule has 0 radical (unpaired) electrons. The van der Waals surface area contributed by atoms with Gasteiger partial charge in [-0.25, -0.2) is 0 Å². The summed E-state index contributed by atoms with van der Waals surface area (Å²) < 4.78 is 39.6. The standard InChI is InChI=1S/C20H24ClF3N6O/c1-11-27-18(25-2)30-19(28-11)29-15-7-4-12(5-8-15)17(31)26-10-13-3-6-14(21)9-16(13)20(22,23)24/h3,6,9,12,15H,4-5,7-8,10H2,1-2H3,(H,26,31)(H2,25,27,28,29,30)/t12-,15-. The van der Waals surface area contributed by atoms with E-state index in [2.05, 4.69) is 30.9 Å². The number of hydrogen-bond acceptors (Lipinski definition) is 6. The Morgan fingerprint density at radius 3 is 2.45 bits per heavy atom. The van der Waals surface area contributed by atoms with Crippen LogP contribution in [-0.2, 0) is 17.5 Å². The molecule has 0 unspecified atom stereocenters. The summed E-state index contributed by atoms with van der Waals surface area (Å²) in [5.74, 6) is 1.06. The number of aryl methyl sites for hydroxylation is 1. The average Bonchev–Trinajstić information content (AvgIpc) is 2.72. The molecule has 0 spiro atoms. The first-order chi connectivity index (χ1) is 14.7. The van der Waals surface area contributed by atoms with Gasteiger partial charge in [-0.2, -0.15) is 28.1 Å². The van der Waals surface area contributed by atoms with E-state index in [1.165, 1.54) is 12.1 Å². The highest BCUT2D eigenvalue weighted by Gasteiger charge is 2.34. The van der Waals surface area contributed by atoms with E-state index in [1.807, 2.05) is 0 Å². The Morgan fingerprint density at radius 2 is 1.81 bits per heavy atom. The van der Waals surface area contributed by atoms with Crippen LogP contribution in [0.15, 0.2) is 18.2 Å². The summed E-state index contributed by atoms with van der Waals surface area (Å²) in [4.78, 5) is 25.2. The minimum Gasteiger partial charge on any atom is -0.357 e. The van der Waals surface area contributed by atoms with Crippen LogP contribution in [0.5, 0.6) is 0 Å². The molecule has 0 bridgehead atoms. The second-order valence-corrected chi connectivity index (χ2v) is 7.93. The monoisotopic (exact) mass is 456 g/mol. The van der Waals surface area contributed by atoms with Crippen molar-refractivity contribution in [2.45, 2.75) is 51.4 Å². The van der Waals surface area contributed by atoms with Crippen LogP contribution in [0.3, 0.4) is 0 Å². The van der Waals surface area contributed by atoms with Crippen molar-refractivity contribution in [3.63, 3.8) is 0 Å². The molecule has 1 aromatic carbocycles. The fraction of sp³-hybridized carbons (Fsp3) is 0.500. The van der Waals surface area contributed by atoms with E-state index in [9.17, 15) is 18.0 Å². The van der Waals surface area contributed by atoms with Gasteiger partial charge in [-0.05, 0) is 50.3 Å². The van der Waals surface area contributed by atoms with Gasteiger partial charge in [0.1, 0.15) is 5.82 Å². The number of hydrogen-bond donors (Lipinski definition) is 3. The first-order valence-electron chi connectivity index (χ1n) is 9.96. The van der Waals surface area contributed by atoms with Gasteiger partial charge in [-0.3, -0.25) is 4.79 Å². The van der Waals surface area contributed by atoms with Crippen molar-refractivity contribution in [3.8, 4) is 0 Å². The van der Waals surface area contributed by atoms with Crippen LogP contribution in [-0.4, -0.2) is 33.9 Å². The van der Waals surface area contributed by atoms with Gasteiger partial charge in [0.05, 0.1) is 5.56 Å². The number of anilines is 2. The first-order valence-corrected chi connectivity index (χ1v) is 10.3. The van der Waals surface area contributed by atoms with E-state index in [4.69, 9.17) is 11.6 Å². The molecule has 2 aromatic rings. The number of halogens is 4. The zero-order valence-electron chi connectivity index (χ0n) is 17.2. The zero-order chi connectivity index (χ0) is 22.6. The number of nitrogens with zero attached hydrogens (tertiary/aromatic N) is 3. The van der Waals surface area contributed by atoms with Crippen LogP contribution in [0.25, 0.3) is 0 Å². The number of aromatic nitrogens is 3. The number of benzene rings is 1. The van der Waals surface area contributed by atoms with Gasteiger partial charge in [0.25, 0.3) is 0 Å². The highest BCUT2D eigenvalue weighted by molar-refractivity contribution is 6.30. The van der Waals surface area contributed by atoms with Gasteiger partial charge < -0.3 is 16.0 Å². The average molecular weight is 457 g/mol. The van der Waals surface area contributed by atoms with Gasteiger partial charge in [0, 0.05) is 30.6 Å². The van der Waals surface area contributed by atoms with Gasteiger partial charge >= 0.3 is 6.18 Å². The fourth-order valence-electron chi connectivity index (χ4n) is 3.63. The Kier molecular flexibility index (Phi) is 7.19. The molecule has 7 nitrogen and oxygen atoms in total. The second-order valence-electron chi connectivity index (χ2n) is 7.49. The highest BCUT2D eigenvalue weighted by atomic mass is 35.5. The summed E-state index contributed by atoms with van der Waals surface area (Å²) in [7, 11) is 1.73. The van der Waals surface area contributed by atoms with Crippen LogP contribution in [0.1, 0.15) is 42.6 Å². The molecule has 1 aliphatic rings. The molecule has 1 fully saturated rings. The van der Waals surface area contributed by atoms with Crippen LogP contribution in [0, 0.1) is 12.8 Å². The van der Waals surface area contributed by atoms with Crippen molar-refractivity contribution in [3.05, 3.63) is 40.2 Å². The maximum atomic E-state index is 13.2. The quantitative estimate of drug-likeness (QED) is 0.604. The summed E-state index contributed by atoms with van der Waals surface area (Å²) in [6.45, 7) is 1.58. The van der Waals surface area contributed by atoms with E-state index < -0.39 is 11.7 Å². The van der Waals surface area contributed by atoms with E-state index in [-0.39, 0.29) is 35.0 Å². The van der Waals surface area contributed by atoms with Crippen LogP contribution >= 0.6 is 11.6 Å². The first kappa shape index (κ1) is 23.1. The SMILES string of the molecule is CNc1nc(C)nc(N[C@H]2CC[C@H](C(=O)NCc3ccc(Cl)cc3C(F)(F)F)CC2)n1. The Balaban J connectivity index is 1.53. The van der Waals surface area contributed by atoms with Gasteiger partial charge in [0.2, 0.25) is 17.8 Å². The van der Waals surface area contributed by atoms with E-state index >= 15 is 0 Å². The summed E-state index contributed by atoms with van der Waals surface area (Å²) in [5.41, 5.74) is -0.840. The lowest BCUT2D eigenvalue weighted by Crippen LogP contribution is -2.36. The van der Waals surface area contributed by atoms with E-state index in [0.29, 0.717) is 30.6 Å². The summed E-state index contributed by atoms with van der Waals surface area (Å²) in [5, 5.41) is 8.80. The van der Waals surface area contributed by atoms with Crippen molar-refractivity contribution in [2.24, 2.45) is 5.92 Å². The predicted molar refractivity (Wildman–Crippen MR) is 112 cm³/mol. The third kappa shape index (κ3) is 6.19. The number of rotatable bonds is 6. The smallest absolute Gasteiger partial charge is 0.357 e. The van der Waals surface area contributed by atoms with Crippen LogP contribution < -0.4 is 16.0 Å². The number of alkyl halides is 3. The molecule has 3 N–H and O–H groups in total. The molecule has 31 heavy (non-hydrogen) atoms. The highest BCUT2D eigenvalue weighted by Crippen LogP contribution is 2.34. The fourth-order valence-corrected chi connectivity index (χ4v) is 3.81. The maximum Gasteiger partial charge on any atom is 0.416 e. The third-order valence-corrected chi connectivity index (χ3v) is 5.47. The molecule has 0 aliphatic heterocycles. The molecule has 1 aliphatic carbocycles. The molecule has 0 atom stereocenters. The molecule has 168 valence electrons. The largest absolute Gasteiger partial charge is 0.416 e. The Labute approximate surface area is 183 Å². The minimum atomic E-state index is -4.53. The lowest BCUT2D eigenvalue weighted by molar-refractivity contribution is -0.138. The molecule has 1 saturated carbocycles. The number of carbonyl (C=O) groups is 1. The number of carbonyl (C=O) groups excluding carboxylic acids is 1. The summed E-state index contributed by atoms with van der Waals surface area (Å²) in [6, 6.07) is 3.67. The number of amides is 1. The molecular formula is C20H24ClF3N6O. The maximum absolute atomic E-state index is 13.2. The van der Waals surface area contributed by atoms with Gasteiger partial charge in [-0.1, -0.05) is 17.7 Å². The molecule has 1 heterocycles. The Hall–Kier alpha value is -2.62. The summed E-state index contributed by atoms with van der Waals surface area (Å²) >= 11 is 5.70. The van der Waals surface area contributed by atoms with Crippen molar-refractivity contribution in [1.82, 2.24) is 20.3 Å². The normalized spacial score (nSPS) is 19.0. The predicted octanol–water partition coefficient (Wildman–Crippen LogP) is 4.18. The lowest BCUT2D eigenvalue weighted by atomic mass is 9.85. The zero-order valence-corrected chi connectivity index (χ0v) is 17.9. The molecule has 11 heteroatoms. The van der Waals surface area contributed by atoms with Crippen molar-refractivity contribution < 1.29 is 18.0 Å². The minimum absolute atomic E-state index is 0.00318. The van der Waals surface area contributed by atoms with E-state index in [1.54, 1.807) is 14.0 Å². The Morgan fingerprint density at radius 1 is 1.13 bits per heavy atom. The van der Waals surface area contributed by atoms with Crippen molar-refractivity contribution >= 4 is 29.4 Å². The molecular weight excluding hydrogens is 433 g/mol. The van der Waals surface area contributed by atoms with Crippen molar-refractivity contribution in [2.75, 3.05) is 17.7 Å². The Bertz CT molecular complexity index is 932. The van der Waals surface area contributed by atoms with Crippen LogP contribution in [0.2, 0.25) is 5.02 Å². The second kappa shape index (κ2) is 9.67. The van der Waals surface area contributed by atoms with Gasteiger partial charge in [-0.15, -0.1) is 0 Å². The van der Waals surface area contributed by atoms with Crippen molar-refractivity contribution in [1.29, 1.82) is 0 Å². The third-order valence-electron chi connectivity index (χ3n) is 5.23. The molecule has 1 amide bonds. The summed E-state index contributed by atoms with van der Waals surface area (Å²) in [6.07, 6.45) is -1.83. The molecule has 3 rings (SSSR count). The number of nitrogens with one attached hydrogen (secondary N) is 3. The van der Waals surface area contributed by atoms with Gasteiger partial charge in [0.15, 0.2) is 0 Å². The van der Waals surface area contributed by atoms with Crippen LogP contribution in [0.4, 0.5) is 25.1 Å². The molecule has 0 saturated heterocycles. The topological polar surface area (TPSA) is 91.8 Å².